The minimum absolute atomic E-state index is 0.0579. The van der Waals surface area contributed by atoms with Crippen molar-refractivity contribution < 1.29 is 13.5 Å². The monoisotopic (exact) mass is 330 g/mol. The van der Waals surface area contributed by atoms with Crippen LogP contribution in [0.3, 0.4) is 0 Å². The molecule has 0 bridgehead atoms. The smallest absolute Gasteiger partial charge is 0.142 e. The summed E-state index contributed by atoms with van der Waals surface area (Å²) in [7, 11) is 1.58. The minimum Gasteiger partial charge on any atom is -0.496 e. The van der Waals surface area contributed by atoms with E-state index in [-0.39, 0.29) is 10.6 Å². The topological polar surface area (TPSA) is 9.23 Å². The van der Waals surface area contributed by atoms with Gasteiger partial charge in [-0.15, -0.1) is 11.6 Å². The molecule has 0 heterocycles. The molecule has 21 heavy (non-hydrogen) atoms. The molecule has 112 valence electrons. The number of aryl methyl sites for hydroxylation is 2. The third-order valence-corrected chi connectivity index (χ3v) is 4.07. The lowest BCUT2D eigenvalue weighted by atomic mass is 9.99. The predicted molar refractivity (Wildman–Crippen MR) is 81.5 cm³/mol. The van der Waals surface area contributed by atoms with Crippen molar-refractivity contribution in [3.05, 3.63) is 63.2 Å². The van der Waals surface area contributed by atoms with Crippen LogP contribution in [0.2, 0.25) is 5.02 Å². The number of ether oxygens (including phenoxy) is 1. The van der Waals surface area contributed by atoms with Gasteiger partial charge in [0.05, 0.1) is 17.5 Å². The number of hydrogen-bond donors (Lipinski definition) is 0. The first-order chi connectivity index (χ1) is 9.85. The van der Waals surface area contributed by atoms with Gasteiger partial charge in [0.2, 0.25) is 0 Å². The Balaban J connectivity index is 2.50. The lowest BCUT2D eigenvalue weighted by Gasteiger charge is -2.16. The quantitative estimate of drug-likeness (QED) is 0.528. The van der Waals surface area contributed by atoms with Crippen molar-refractivity contribution in [2.45, 2.75) is 19.2 Å². The summed E-state index contributed by atoms with van der Waals surface area (Å²) in [6.07, 6.45) is 0. The normalized spacial score (nSPS) is 12.3. The van der Waals surface area contributed by atoms with E-state index in [0.29, 0.717) is 5.56 Å². The highest BCUT2D eigenvalue weighted by atomic mass is 35.5. The standard InChI is InChI=1S/C16H14Cl2F2O/c1-8-4-10(5-9(2)16(8)21-3)15(18)11-6-14(20)12(17)7-13(11)19/h4-7,15H,1-3H3. The van der Waals surface area contributed by atoms with Gasteiger partial charge >= 0.3 is 0 Å². The number of benzene rings is 2. The molecule has 0 spiro atoms. The second-order valence-corrected chi connectivity index (χ2v) is 5.68. The maximum Gasteiger partial charge on any atom is 0.142 e. The Morgan fingerprint density at radius 1 is 1.00 bits per heavy atom. The van der Waals surface area contributed by atoms with Crippen molar-refractivity contribution in [1.82, 2.24) is 0 Å². The van der Waals surface area contributed by atoms with Gasteiger partial charge < -0.3 is 4.74 Å². The van der Waals surface area contributed by atoms with Gasteiger partial charge in [-0.25, -0.2) is 8.78 Å². The predicted octanol–water partition coefficient (Wildman–Crippen LogP) is 5.57. The molecule has 2 aromatic rings. The molecule has 2 aromatic carbocycles. The summed E-state index contributed by atoms with van der Waals surface area (Å²) in [5.41, 5.74) is 2.50. The lowest BCUT2D eigenvalue weighted by molar-refractivity contribution is 0.408. The van der Waals surface area contributed by atoms with Crippen molar-refractivity contribution in [1.29, 1.82) is 0 Å². The molecule has 5 heteroatoms. The molecule has 0 aromatic heterocycles. The second-order valence-electron chi connectivity index (χ2n) is 4.84. The first-order valence-corrected chi connectivity index (χ1v) is 7.10. The minimum atomic E-state index is -0.805. The van der Waals surface area contributed by atoms with Gasteiger partial charge in [-0.05, 0) is 42.7 Å². The van der Waals surface area contributed by atoms with Crippen LogP contribution < -0.4 is 4.74 Å². The first kappa shape index (κ1) is 16.1. The molecule has 0 N–H and O–H groups in total. The molecule has 0 saturated heterocycles. The van der Waals surface area contributed by atoms with E-state index in [1.807, 2.05) is 13.8 Å². The van der Waals surface area contributed by atoms with Crippen LogP contribution in [-0.2, 0) is 0 Å². The van der Waals surface area contributed by atoms with Crippen molar-refractivity contribution >= 4 is 23.2 Å². The van der Waals surface area contributed by atoms with E-state index >= 15 is 0 Å². The molecular weight excluding hydrogens is 317 g/mol. The fraction of sp³-hybridized carbons (Fsp3) is 0.250. The van der Waals surface area contributed by atoms with E-state index in [4.69, 9.17) is 27.9 Å². The van der Waals surface area contributed by atoms with Crippen LogP contribution in [-0.4, -0.2) is 7.11 Å². The Morgan fingerprint density at radius 3 is 2.10 bits per heavy atom. The Labute approximate surface area is 132 Å². The van der Waals surface area contributed by atoms with E-state index < -0.39 is 17.0 Å². The number of hydrogen-bond acceptors (Lipinski definition) is 1. The molecule has 2 rings (SSSR count). The van der Waals surface area contributed by atoms with Crippen LogP contribution in [0, 0.1) is 25.5 Å². The molecule has 1 nitrogen and oxygen atoms in total. The van der Waals surface area contributed by atoms with E-state index in [2.05, 4.69) is 0 Å². The van der Waals surface area contributed by atoms with Crippen LogP contribution in [0.4, 0.5) is 8.78 Å². The van der Waals surface area contributed by atoms with E-state index in [1.165, 1.54) is 0 Å². The van der Waals surface area contributed by atoms with Crippen molar-refractivity contribution in [2.24, 2.45) is 0 Å². The Hall–Kier alpha value is -1.32. The van der Waals surface area contributed by atoms with Crippen LogP contribution in [0.15, 0.2) is 24.3 Å². The van der Waals surface area contributed by atoms with Crippen molar-refractivity contribution in [3.8, 4) is 5.75 Å². The second kappa shape index (κ2) is 6.20. The zero-order valence-corrected chi connectivity index (χ0v) is 13.3. The fourth-order valence-corrected chi connectivity index (χ4v) is 2.81. The fourth-order valence-electron chi connectivity index (χ4n) is 2.36. The largest absolute Gasteiger partial charge is 0.496 e. The average molecular weight is 331 g/mol. The van der Waals surface area contributed by atoms with Gasteiger partial charge in [0, 0.05) is 5.56 Å². The average Bonchev–Trinajstić information content (AvgIpc) is 2.41. The maximum atomic E-state index is 14.0. The molecule has 0 aliphatic heterocycles. The molecule has 0 amide bonds. The zero-order chi connectivity index (χ0) is 15.7. The molecule has 0 aliphatic carbocycles. The van der Waals surface area contributed by atoms with Gasteiger partial charge in [0.25, 0.3) is 0 Å². The van der Waals surface area contributed by atoms with Crippen LogP contribution in [0.25, 0.3) is 0 Å². The van der Waals surface area contributed by atoms with Gasteiger partial charge in [0.1, 0.15) is 17.4 Å². The molecule has 0 radical (unpaired) electrons. The van der Waals surface area contributed by atoms with E-state index in [0.717, 1.165) is 29.0 Å². The Morgan fingerprint density at radius 2 is 1.57 bits per heavy atom. The number of methoxy groups -OCH3 is 1. The van der Waals surface area contributed by atoms with Crippen LogP contribution in [0.1, 0.15) is 27.6 Å². The summed E-state index contributed by atoms with van der Waals surface area (Å²) in [6, 6.07) is 5.57. The Kier molecular flexibility index (Phi) is 4.74. The summed E-state index contributed by atoms with van der Waals surface area (Å²) in [5.74, 6) is -0.571. The third-order valence-electron chi connectivity index (χ3n) is 3.29. The number of halogens is 4. The summed E-state index contributed by atoms with van der Waals surface area (Å²) >= 11 is 11.9. The summed E-state index contributed by atoms with van der Waals surface area (Å²) in [4.78, 5) is 0. The summed E-state index contributed by atoms with van der Waals surface area (Å²) in [5, 5.41) is -1.07. The maximum absolute atomic E-state index is 14.0. The molecular formula is C16H14Cl2F2O. The van der Waals surface area contributed by atoms with E-state index in [9.17, 15) is 8.78 Å². The summed E-state index contributed by atoms with van der Waals surface area (Å²) < 4.78 is 32.8. The van der Waals surface area contributed by atoms with Gasteiger partial charge in [0.15, 0.2) is 0 Å². The Bertz CT molecular complexity index is 663. The highest BCUT2D eigenvalue weighted by molar-refractivity contribution is 6.30. The SMILES string of the molecule is COc1c(C)cc(C(Cl)c2cc(F)c(Cl)cc2F)cc1C. The third kappa shape index (κ3) is 3.14. The van der Waals surface area contributed by atoms with Gasteiger partial charge in [-0.3, -0.25) is 0 Å². The number of alkyl halides is 1. The zero-order valence-electron chi connectivity index (χ0n) is 11.8. The van der Waals surface area contributed by atoms with E-state index in [1.54, 1.807) is 19.2 Å². The molecule has 1 unspecified atom stereocenters. The van der Waals surface area contributed by atoms with Crippen LogP contribution >= 0.6 is 23.2 Å². The van der Waals surface area contributed by atoms with Crippen LogP contribution in [0.5, 0.6) is 5.75 Å². The van der Waals surface area contributed by atoms with Crippen molar-refractivity contribution in [3.63, 3.8) is 0 Å². The van der Waals surface area contributed by atoms with Gasteiger partial charge in [-0.2, -0.15) is 0 Å². The van der Waals surface area contributed by atoms with Gasteiger partial charge in [-0.1, -0.05) is 23.7 Å². The molecule has 0 fully saturated rings. The molecule has 0 saturated carbocycles. The molecule has 0 aliphatic rings. The molecule has 1 atom stereocenters. The van der Waals surface area contributed by atoms with Crippen molar-refractivity contribution in [2.75, 3.05) is 7.11 Å². The lowest BCUT2D eigenvalue weighted by Crippen LogP contribution is -2.01. The number of rotatable bonds is 3. The highest BCUT2D eigenvalue weighted by Crippen LogP contribution is 2.36. The highest BCUT2D eigenvalue weighted by Gasteiger charge is 2.19. The summed E-state index contributed by atoms with van der Waals surface area (Å²) in [6.45, 7) is 3.75. The first-order valence-electron chi connectivity index (χ1n) is 6.28.